The molecule has 0 saturated carbocycles. The maximum absolute atomic E-state index is 11.1. The summed E-state index contributed by atoms with van der Waals surface area (Å²) in [6, 6.07) is 3.64. The Hall–Kier alpha value is -1.03. The highest BCUT2D eigenvalue weighted by molar-refractivity contribution is 9.10. The molecule has 0 unspecified atom stereocenters. The molecule has 0 aliphatic rings. The van der Waals surface area contributed by atoms with Gasteiger partial charge in [0.25, 0.3) is 0 Å². The zero-order valence-corrected chi connectivity index (χ0v) is 9.72. The summed E-state index contributed by atoms with van der Waals surface area (Å²) >= 11 is 3.38. The van der Waals surface area contributed by atoms with Crippen LogP contribution in [-0.4, -0.2) is 13.1 Å². The number of nitrogen functional groups attached to an aromatic ring is 1. The first-order valence-corrected chi connectivity index (χ1v) is 4.95. The molecule has 0 aromatic heterocycles. The molecule has 0 saturated heterocycles. The summed E-state index contributed by atoms with van der Waals surface area (Å²) in [6.45, 7) is 1.89. The highest BCUT2D eigenvalue weighted by Crippen LogP contribution is 2.25. The van der Waals surface area contributed by atoms with E-state index in [1.165, 1.54) is 7.11 Å². The quantitative estimate of drug-likeness (QED) is 0.652. The number of nitrogens with two attached hydrogens (primary N) is 1. The number of rotatable bonds is 2. The van der Waals surface area contributed by atoms with Gasteiger partial charge in [0, 0.05) is 10.2 Å². The van der Waals surface area contributed by atoms with Gasteiger partial charge >= 0.3 is 5.97 Å². The molecule has 0 radical (unpaired) electrons. The van der Waals surface area contributed by atoms with Crippen molar-refractivity contribution in [3.8, 4) is 0 Å². The second-order valence-electron chi connectivity index (χ2n) is 2.99. The molecule has 0 heterocycles. The molecule has 1 aromatic carbocycles. The minimum absolute atomic E-state index is 0.244. The molecule has 3 nitrogen and oxygen atoms in total. The maximum atomic E-state index is 11.1. The zero-order valence-electron chi connectivity index (χ0n) is 8.13. The van der Waals surface area contributed by atoms with E-state index in [-0.39, 0.29) is 12.4 Å². The van der Waals surface area contributed by atoms with E-state index < -0.39 is 0 Å². The average Bonchev–Trinajstić information content (AvgIpc) is 2.18. The topological polar surface area (TPSA) is 52.3 Å². The van der Waals surface area contributed by atoms with Crippen molar-refractivity contribution < 1.29 is 9.53 Å². The molecule has 1 aromatic rings. The van der Waals surface area contributed by atoms with Crippen molar-refractivity contribution in [2.45, 2.75) is 13.3 Å². The third kappa shape index (κ3) is 2.26. The van der Waals surface area contributed by atoms with E-state index in [4.69, 9.17) is 5.73 Å². The number of hydrogen-bond donors (Lipinski definition) is 1. The maximum Gasteiger partial charge on any atom is 0.310 e. The Morgan fingerprint density at radius 2 is 2.21 bits per heavy atom. The van der Waals surface area contributed by atoms with E-state index >= 15 is 0 Å². The molecular weight excluding hydrogens is 246 g/mol. The fourth-order valence-corrected chi connectivity index (χ4v) is 1.75. The van der Waals surface area contributed by atoms with Crippen LogP contribution in [0.4, 0.5) is 5.69 Å². The van der Waals surface area contributed by atoms with Gasteiger partial charge in [-0.2, -0.15) is 0 Å². The Labute approximate surface area is 91.4 Å². The van der Waals surface area contributed by atoms with E-state index in [0.717, 1.165) is 15.6 Å². The van der Waals surface area contributed by atoms with Crippen molar-refractivity contribution in [1.29, 1.82) is 0 Å². The van der Waals surface area contributed by atoms with Crippen LogP contribution >= 0.6 is 15.9 Å². The second-order valence-corrected chi connectivity index (χ2v) is 3.85. The number of anilines is 1. The van der Waals surface area contributed by atoms with Crippen molar-refractivity contribution in [3.05, 3.63) is 27.7 Å². The number of carbonyl (C=O) groups is 1. The van der Waals surface area contributed by atoms with Crippen LogP contribution in [0, 0.1) is 6.92 Å². The van der Waals surface area contributed by atoms with Gasteiger partial charge < -0.3 is 10.5 Å². The number of benzene rings is 1. The predicted molar refractivity (Wildman–Crippen MR) is 59.0 cm³/mol. The van der Waals surface area contributed by atoms with E-state index in [0.29, 0.717) is 5.69 Å². The molecule has 0 amide bonds. The van der Waals surface area contributed by atoms with Gasteiger partial charge in [0.2, 0.25) is 0 Å². The zero-order chi connectivity index (χ0) is 10.7. The summed E-state index contributed by atoms with van der Waals surface area (Å²) in [5.41, 5.74) is 8.23. The van der Waals surface area contributed by atoms with E-state index in [2.05, 4.69) is 20.7 Å². The largest absolute Gasteiger partial charge is 0.469 e. The Morgan fingerprint density at radius 1 is 1.57 bits per heavy atom. The summed E-state index contributed by atoms with van der Waals surface area (Å²) < 4.78 is 5.49. The fraction of sp³-hybridized carbons (Fsp3) is 0.300. The molecule has 76 valence electrons. The standard InChI is InChI=1S/C10H12BrNO2/c1-6-7(5-10(13)14-2)8(11)3-4-9(6)12/h3-4H,5,12H2,1-2H3. The van der Waals surface area contributed by atoms with Crippen molar-refractivity contribution >= 4 is 27.6 Å². The van der Waals surface area contributed by atoms with E-state index in [1.54, 1.807) is 6.07 Å². The van der Waals surface area contributed by atoms with Crippen LogP contribution in [-0.2, 0) is 16.0 Å². The lowest BCUT2D eigenvalue weighted by Crippen LogP contribution is -2.07. The highest BCUT2D eigenvalue weighted by atomic mass is 79.9. The minimum Gasteiger partial charge on any atom is -0.469 e. The third-order valence-corrected chi connectivity index (χ3v) is 2.87. The SMILES string of the molecule is COC(=O)Cc1c(Br)ccc(N)c1C. The lowest BCUT2D eigenvalue weighted by Gasteiger charge is -2.09. The highest BCUT2D eigenvalue weighted by Gasteiger charge is 2.11. The number of methoxy groups -OCH3 is 1. The van der Waals surface area contributed by atoms with Crippen LogP contribution in [0.3, 0.4) is 0 Å². The molecule has 0 aliphatic carbocycles. The van der Waals surface area contributed by atoms with Crippen LogP contribution in [0.15, 0.2) is 16.6 Å². The number of halogens is 1. The lowest BCUT2D eigenvalue weighted by molar-refractivity contribution is -0.139. The number of ether oxygens (including phenoxy) is 1. The molecule has 14 heavy (non-hydrogen) atoms. The van der Waals surface area contributed by atoms with Crippen LogP contribution in [0.1, 0.15) is 11.1 Å². The van der Waals surface area contributed by atoms with Gasteiger partial charge in [-0.15, -0.1) is 0 Å². The van der Waals surface area contributed by atoms with Gasteiger partial charge in [0.05, 0.1) is 13.5 Å². The van der Waals surface area contributed by atoms with Gasteiger partial charge in [0.15, 0.2) is 0 Å². The normalized spacial score (nSPS) is 9.93. The molecule has 1 rings (SSSR count). The molecule has 0 fully saturated rings. The summed E-state index contributed by atoms with van der Waals surface area (Å²) in [6.07, 6.45) is 0.244. The molecule has 4 heteroatoms. The fourth-order valence-electron chi connectivity index (χ4n) is 1.18. The van der Waals surface area contributed by atoms with Gasteiger partial charge in [-0.3, -0.25) is 4.79 Å². The Kier molecular flexibility index (Phi) is 3.52. The smallest absolute Gasteiger partial charge is 0.310 e. The molecule has 2 N–H and O–H groups in total. The molecule has 0 spiro atoms. The Morgan fingerprint density at radius 3 is 2.79 bits per heavy atom. The van der Waals surface area contributed by atoms with Crippen molar-refractivity contribution in [3.63, 3.8) is 0 Å². The molecule has 0 atom stereocenters. The first-order valence-electron chi connectivity index (χ1n) is 4.16. The number of carbonyl (C=O) groups excluding carboxylic acids is 1. The second kappa shape index (κ2) is 4.46. The third-order valence-electron chi connectivity index (χ3n) is 2.13. The van der Waals surface area contributed by atoms with Crippen LogP contribution in [0.25, 0.3) is 0 Å². The molecular formula is C10H12BrNO2. The Bertz CT molecular complexity index is 363. The summed E-state index contributed by atoms with van der Waals surface area (Å²) in [4.78, 5) is 11.1. The first kappa shape index (κ1) is 11.0. The minimum atomic E-state index is -0.264. The summed E-state index contributed by atoms with van der Waals surface area (Å²) in [5, 5.41) is 0. The van der Waals surface area contributed by atoms with Gasteiger partial charge in [-0.1, -0.05) is 15.9 Å². The van der Waals surface area contributed by atoms with Gasteiger partial charge in [0.1, 0.15) is 0 Å². The van der Waals surface area contributed by atoms with Crippen molar-refractivity contribution in [1.82, 2.24) is 0 Å². The summed E-state index contributed by atoms with van der Waals surface area (Å²) in [5.74, 6) is -0.264. The first-order chi connectivity index (χ1) is 6.56. The number of esters is 1. The van der Waals surface area contributed by atoms with Crippen LogP contribution in [0.5, 0.6) is 0 Å². The lowest BCUT2D eigenvalue weighted by atomic mass is 10.0. The number of hydrogen-bond acceptors (Lipinski definition) is 3. The van der Waals surface area contributed by atoms with Gasteiger partial charge in [-0.25, -0.2) is 0 Å². The average molecular weight is 258 g/mol. The van der Waals surface area contributed by atoms with Crippen LogP contribution < -0.4 is 5.73 Å². The van der Waals surface area contributed by atoms with E-state index in [1.807, 2.05) is 13.0 Å². The Balaban J connectivity index is 3.06. The van der Waals surface area contributed by atoms with Crippen LogP contribution in [0.2, 0.25) is 0 Å². The van der Waals surface area contributed by atoms with Crippen molar-refractivity contribution in [2.24, 2.45) is 0 Å². The molecule has 0 aliphatic heterocycles. The van der Waals surface area contributed by atoms with E-state index in [9.17, 15) is 4.79 Å². The monoisotopic (exact) mass is 257 g/mol. The van der Waals surface area contributed by atoms with Gasteiger partial charge in [-0.05, 0) is 30.2 Å². The summed E-state index contributed by atoms with van der Waals surface area (Å²) in [7, 11) is 1.37. The molecule has 0 bridgehead atoms. The predicted octanol–water partition coefficient (Wildman–Crippen LogP) is 2.06. The van der Waals surface area contributed by atoms with Crippen molar-refractivity contribution in [2.75, 3.05) is 12.8 Å².